The molecule has 7 aromatic carbocycles. The molecule has 0 saturated carbocycles. The lowest BCUT2D eigenvalue weighted by atomic mass is 9.35. The van der Waals surface area contributed by atoms with Crippen LogP contribution in [0.15, 0.2) is 152 Å². The molecule has 0 fully saturated rings. The monoisotopic (exact) mass is 600 g/mol. The first-order valence-corrected chi connectivity index (χ1v) is 16.1. The van der Waals surface area contributed by atoms with Crippen molar-refractivity contribution in [3.05, 3.63) is 152 Å². The fourth-order valence-electron chi connectivity index (χ4n) is 8.09. The Bertz CT molecular complexity index is 2650. The highest BCUT2D eigenvalue weighted by Gasteiger charge is 2.40. The second-order valence-electron chi connectivity index (χ2n) is 12.5. The molecule has 0 amide bonds. The Hall–Kier alpha value is -6.20. The van der Waals surface area contributed by atoms with E-state index >= 15 is 0 Å². The molecule has 4 heterocycles. The van der Waals surface area contributed by atoms with Crippen LogP contribution in [0, 0.1) is 0 Å². The number of ether oxygens (including phenoxy) is 2. The molecule has 2 aromatic heterocycles. The van der Waals surface area contributed by atoms with E-state index in [-0.39, 0.29) is 6.71 Å². The minimum atomic E-state index is 0.0517. The molecule has 0 radical (unpaired) electrons. The average molecular weight is 600 g/mol. The third-order valence-electron chi connectivity index (χ3n) is 10.0. The van der Waals surface area contributed by atoms with E-state index in [9.17, 15) is 0 Å². The minimum absolute atomic E-state index is 0.0517. The Labute approximate surface area is 270 Å². The van der Waals surface area contributed by atoms with Crippen molar-refractivity contribution >= 4 is 66.7 Å². The van der Waals surface area contributed by atoms with Crippen LogP contribution in [0.25, 0.3) is 55.0 Å². The summed E-state index contributed by atoms with van der Waals surface area (Å²) < 4.78 is 18.0. The summed E-state index contributed by atoms with van der Waals surface area (Å²) in [7, 11) is 0. The van der Waals surface area contributed by atoms with E-state index in [0.717, 1.165) is 50.9 Å². The van der Waals surface area contributed by atoms with Gasteiger partial charge in [0.25, 0.3) is 6.71 Å². The van der Waals surface area contributed by atoms with E-state index in [1.54, 1.807) is 0 Å². The summed E-state index contributed by atoms with van der Waals surface area (Å²) >= 11 is 0. The number of hydrogen-bond acceptors (Lipinski definition) is 2. The number of hydrogen-bond donors (Lipinski definition) is 0. The largest absolute Gasteiger partial charge is 0.458 e. The molecule has 0 unspecified atom stereocenters. The van der Waals surface area contributed by atoms with Gasteiger partial charge >= 0.3 is 0 Å². The van der Waals surface area contributed by atoms with Gasteiger partial charge in [-0.25, -0.2) is 0 Å². The second kappa shape index (κ2) is 9.18. The van der Waals surface area contributed by atoms with Crippen LogP contribution >= 0.6 is 0 Å². The summed E-state index contributed by atoms with van der Waals surface area (Å²) in [6.07, 6.45) is 0. The van der Waals surface area contributed by atoms with Gasteiger partial charge in [0.05, 0.1) is 27.8 Å². The molecule has 0 atom stereocenters. The smallest absolute Gasteiger partial charge is 0.260 e. The molecule has 0 saturated heterocycles. The van der Waals surface area contributed by atoms with Crippen LogP contribution < -0.4 is 25.9 Å². The standard InChI is InChI=1S/C42H25BN2O2/c1-6-16-34-28(11-1)29-12-2-7-17-35(29)44(34)26-21-22-37-31(23-26)30-13-3-8-18-36(30)45(37)27-24-40-42-41(25-27)47-39-20-10-5-15-33(39)43(42)32-14-4-9-19-38(32)46-40/h1-25H. The molecule has 5 heteroatoms. The lowest BCUT2D eigenvalue weighted by Gasteiger charge is -2.33. The third-order valence-corrected chi connectivity index (χ3v) is 10.0. The predicted octanol–water partition coefficient (Wildman–Crippen LogP) is 8.61. The minimum Gasteiger partial charge on any atom is -0.458 e. The number of nitrogens with zero attached hydrogens (tertiary/aromatic N) is 2. The van der Waals surface area contributed by atoms with Crippen LogP contribution in [-0.4, -0.2) is 15.8 Å². The first kappa shape index (κ1) is 25.0. The maximum Gasteiger partial charge on any atom is 0.260 e. The Balaban J connectivity index is 1.16. The van der Waals surface area contributed by atoms with Crippen molar-refractivity contribution in [1.82, 2.24) is 9.13 Å². The van der Waals surface area contributed by atoms with Crippen molar-refractivity contribution in [2.45, 2.75) is 0 Å². The van der Waals surface area contributed by atoms with Crippen LogP contribution in [0.2, 0.25) is 0 Å². The fourth-order valence-corrected chi connectivity index (χ4v) is 8.09. The fraction of sp³-hybridized carbons (Fsp3) is 0. The van der Waals surface area contributed by atoms with E-state index in [1.807, 2.05) is 12.1 Å². The van der Waals surface area contributed by atoms with E-state index < -0.39 is 0 Å². The second-order valence-corrected chi connectivity index (χ2v) is 12.5. The van der Waals surface area contributed by atoms with E-state index in [1.165, 1.54) is 43.5 Å². The van der Waals surface area contributed by atoms with Gasteiger partial charge in [-0.15, -0.1) is 0 Å². The zero-order chi connectivity index (χ0) is 30.6. The first-order chi connectivity index (χ1) is 23.3. The van der Waals surface area contributed by atoms with Crippen LogP contribution in [-0.2, 0) is 0 Å². The topological polar surface area (TPSA) is 28.3 Å². The van der Waals surface area contributed by atoms with Crippen molar-refractivity contribution in [3.8, 4) is 34.4 Å². The highest BCUT2D eigenvalue weighted by atomic mass is 16.5. The highest BCUT2D eigenvalue weighted by molar-refractivity contribution is 6.98. The summed E-state index contributed by atoms with van der Waals surface area (Å²) in [5.41, 5.74) is 10.2. The van der Waals surface area contributed by atoms with E-state index in [4.69, 9.17) is 9.47 Å². The SMILES string of the molecule is c1ccc2c(c1)Oc1cc(-n3c4ccccc4c4cc(-n5c6ccccc6c6ccccc65)ccc43)cc3c1B2c1ccccc1O3. The van der Waals surface area contributed by atoms with Crippen LogP contribution in [0.4, 0.5) is 0 Å². The zero-order valence-corrected chi connectivity index (χ0v) is 25.2. The molecule has 2 aliphatic rings. The molecule has 2 aliphatic heterocycles. The zero-order valence-electron chi connectivity index (χ0n) is 25.2. The van der Waals surface area contributed by atoms with Gasteiger partial charge in [-0.2, -0.15) is 0 Å². The van der Waals surface area contributed by atoms with Gasteiger partial charge in [0.1, 0.15) is 23.0 Å². The van der Waals surface area contributed by atoms with Crippen LogP contribution in [0.3, 0.4) is 0 Å². The predicted molar refractivity (Wildman–Crippen MR) is 193 cm³/mol. The summed E-state index contributed by atoms with van der Waals surface area (Å²) in [5, 5.41) is 4.92. The quantitative estimate of drug-likeness (QED) is 0.186. The lowest BCUT2D eigenvalue weighted by molar-refractivity contribution is 0.464. The first-order valence-electron chi connectivity index (χ1n) is 16.1. The summed E-state index contributed by atoms with van der Waals surface area (Å²) in [4.78, 5) is 0. The van der Waals surface area contributed by atoms with Gasteiger partial charge in [-0.1, -0.05) is 91.0 Å². The van der Waals surface area contributed by atoms with E-state index in [0.29, 0.717) is 0 Å². The van der Waals surface area contributed by atoms with Crippen molar-refractivity contribution in [2.75, 3.05) is 0 Å². The summed E-state index contributed by atoms with van der Waals surface area (Å²) in [6.45, 7) is 0.0517. The van der Waals surface area contributed by atoms with Gasteiger partial charge < -0.3 is 18.6 Å². The summed E-state index contributed by atoms with van der Waals surface area (Å²) in [5.74, 6) is 3.46. The summed E-state index contributed by atoms with van der Waals surface area (Å²) in [6, 6.07) is 54.0. The molecular formula is C42H25BN2O2. The number of para-hydroxylation sites is 5. The Morgan fingerprint density at radius 2 is 0.809 bits per heavy atom. The van der Waals surface area contributed by atoms with Crippen molar-refractivity contribution in [2.24, 2.45) is 0 Å². The molecule has 0 N–H and O–H groups in total. The van der Waals surface area contributed by atoms with Gasteiger partial charge in [0.15, 0.2) is 0 Å². The van der Waals surface area contributed by atoms with E-state index in [2.05, 4.69) is 149 Å². The van der Waals surface area contributed by atoms with Gasteiger partial charge in [-0.05, 0) is 59.5 Å². The Morgan fingerprint density at radius 3 is 1.38 bits per heavy atom. The Morgan fingerprint density at radius 1 is 0.362 bits per heavy atom. The number of benzene rings is 7. The van der Waals surface area contributed by atoms with Crippen molar-refractivity contribution < 1.29 is 9.47 Å². The molecular weight excluding hydrogens is 575 g/mol. The van der Waals surface area contributed by atoms with Gasteiger partial charge in [-0.3, -0.25) is 0 Å². The molecule has 4 nitrogen and oxygen atoms in total. The molecule has 9 aromatic rings. The molecule has 47 heavy (non-hydrogen) atoms. The maximum atomic E-state index is 6.66. The van der Waals surface area contributed by atoms with Gasteiger partial charge in [0.2, 0.25) is 0 Å². The molecule has 0 aliphatic carbocycles. The molecule has 0 bridgehead atoms. The number of rotatable bonds is 2. The van der Waals surface area contributed by atoms with Crippen LogP contribution in [0.1, 0.15) is 0 Å². The van der Waals surface area contributed by atoms with Crippen molar-refractivity contribution in [3.63, 3.8) is 0 Å². The third kappa shape index (κ3) is 3.38. The Kier molecular flexibility index (Phi) is 4.89. The highest BCUT2D eigenvalue weighted by Crippen LogP contribution is 2.40. The number of aromatic nitrogens is 2. The molecule has 0 spiro atoms. The van der Waals surface area contributed by atoms with Crippen LogP contribution in [0.5, 0.6) is 23.0 Å². The lowest BCUT2D eigenvalue weighted by Crippen LogP contribution is -2.57. The number of fused-ring (bicyclic) bond motifs is 10. The normalized spacial score (nSPS) is 13.0. The van der Waals surface area contributed by atoms with Crippen molar-refractivity contribution in [1.29, 1.82) is 0 Å². The van der Waals surface area contributed by atoms with Gasteiger partial charge in [0, 0.05) is 44.8 Å². The molecule has 11 rings (SSSR count). The average Bonchev–Trinajstić information content (AvgIpc) is 3.64. The maximum absolute atomic E-state index is 6.66. The molecule has 218 valence electrons.